The first-order valence-electron chi connectivity index (χ1n) is 10.2. The van der Waals surface area contributed by atoms with Gasteiger partial charge in [0, 0.05) is 58.0 Å². The van der Waals surface area contributed by atoms with Gasteiger partial charge in [-0.15, -0.1) is 11.3 Å². The molecule has 0 spiro atoms. The van der Waals surface area contributed by atoms with Gasteiger partial charge in [0.2, 0.25) is 5.91 Å². The third-order valence-electron chi connectivity index (χ3n) is 5.68. The summed E-state index contributed by atoms with van der Waals surface area (Å²) in [6.45, 7) is 0.592. The highest BCUT2D eigenvalue weighted by atomic mass is 32.1. The minimum absolute atomic E-state index is 0.0849. The Morgan fingerprint density at radius 2 is 1.63 bits per heavy atom. The molecule has 5 heteroatoms. The largest absolute Gasteiger partial charge is 0.361 e. The molecule has 3 aromatic heterocycles. The van der Waals surface area contributed by atoms with Gasteiger partial charge in [-0.2, -0.15) is 0 Å². The van der Waals surface area contributed by atoms with Crippen LogP contribution in [0.15, 0.2) is 78.4 Å². The first kappa shape index (κ1) is 18.7. The molecule has 1 amide bonds. The van der Waals surface area contributed by atoms with Gasteiger partial charge < -0.3 is 15.3 Å². The SMILES string of the molecule is O=C(CCc1c[nH]c2ccccc12)NC[C@@H](c1cccs1)c1c[nH]c2ccccc12. The van der Waals surface area contributed by atoms with E-state index >= 15 is 0 Å². The first-order valence-corrected chi connectivity index (χ1v) is 11.1. The number of nitrogens with one attached hydrogen (secondary N) is 3. The smallest absolute Gasteiger partial charge is 0.220 e. The fourth-order valence-corrected chi connectivity index (χ4v) is 4.97. The lowest BCUT2D eigenvalue weighted by atomic mass is 9.96. The molecule has 5 rings (SSSR count). The summed E-state index contributed by atoms with van der Waals surface area (Å²) in [5.74, 6) is 0.222. The summed E-state index contributed by atoms with van der Waals surface area (Å²) in [4.78, 5) is 20.6. The van der Waals surface area contributed by atoms with Crippen LogP contribution in [-0.2, 0) is 11.2 Å². The average molecular weight is 414 g/mol. The standard InChI is InChI=1S/C25H23N3OS/c29-25(12-11-17-14-26-22-8-3-1-6-18(17)22)28-16-21(24-10-5-13-30-24)20-15-27-23-9-4-2-7-19(20)23/h1-10,13-15,21,26-27H,11-12,16H2,(H,28,29)/t21-/m1/s1. The Kier molecular flexibility index (Phi) is 5.11. The zero-order chi connectivity index (χ0) is 20.3. The summed E-state index contributed by atoms with van der Waals surface area (Å²) in [5, 5.41) is 7.68. The second-order valence-electron chi connectivity index (χ2n) is 7.52. The van der Waals surface area contributed by atoms with Gasteiger partial charge in [-0.05, 0) is 41.1 Å². The highest BCUT2D eigenvalue weighted by Crippen LogP contribution is 2.32. The summed E-state index contributed by atoms with van der Waals surface area (Å²) in [6, 6.07) is 20.8. The van der Waals surface area contributed by atoms with Gasteiger partial charge >= 0.3 is 0 Å². The zero-order valence-corrected chi connectivity index (χ0v) is 17.3. The number of aromatic amines is 2. The average Bonchev–Trinajstić information content (AvgIpc) is 3.53. The van der Waals surface area contributed by atoms with Crippen LogP contribution in [0.25, 0.3) is 21.8 Å². The molecule has 0 bridgehead atoms. The number of aryl methyl sites for hydroxylation is 1. The van der Waals surface area contributed by atoms with Crippen molar-refractivity contribution in [2.75, 3.05) is 6.54 Å². The van der Waals surface area contributed by atoms with E-state index in [0.29, 0.717) is 13.0 Å². The molecule has 0 saturated heterocycles. The van der Waals surface area contributed by atoms with E-state index in [2.05, 4.69) is 69.3 Å². The van der Waals surface area contributed by atoms with Crippen LogP contribution in [0, 0.1) is 0 Å². The summed E-state index contributed by atoms with van der Waals surface area (Å²) in [6.07, 6.45) is 5.30. The number of carbonyl (C=O) groups excluding carboxylic acids is 1. The lowest BCUT2D eigenvalue weighted by Crippen LogP contribution is -2.28. The molecular weight excluding hydrogens is 390 g/mol. The van der Waals surface area contributed by atoms with E-state index in [4.69, 9.17) is 0 Å². The fraction of sp³-hybridized carbons (Fsp3) is 0.160. The Morgan fingerprint density at radius 3 is 2.43 bits per heavy atom. The molecule has 3 heterocycles. The molecule has 3 N–H and O–H groups in total. The quantitative estimate of drug-likeness (QED) is 0.320. The Morgan fingerprint density at radius 1 is 0.900 bits per heavy atom. The molecule has 4 nitrogen and oxygen atoms in total. The van der Waals surface area contributed by atoms with Gasteiger partial charge in [0.15, 0.2) is 0 Å². The number of H-pyrrole nitrogens is 2. The van der Waals surface area contributed by atoms with Crippen molar-refractivity contribution in [2.45, 2.75) is 18.8 Å². The van der Waals surface area contributed by atoms with Gasteiger partial charge in [-0.25, -0.2) is 0 Å². The van der Waals surface area contributed by atoms with Crippen LogP contribution in [0.5, 0.6) is 0 Å². The third-order valence-corrected chi connectivity index (χ3v) is 6.67. The van der Waals surface area contributed by atoms with Crippen molar-refractivity contribution in [1.29, 1.82) is 0 Å². The van der Waals surface area contributed by atoms with Crippen molar-refractivity contribution in [1.82, 2.24) is 15.3 Å². The zero-order valence-electron chi connectivity index (χ0n) is 16.5. The summed E-state index contributed by atoms with van der Waals surface area (Å²) >= 11 is 1.73. The van der Waals surface area contributed by atoms with E-state index in [-0.39, 0.29) is 11.8 Å². The molecule has 1 atom stereocenters. The monoisotopic (exact) mass is 413 g/mol. The lowest BCUT2D eigenvalue weighted by molar-refractivity contribution is -0.121. The van der Waals surface area contributed by atoms with Gasteiger partial charge in [0.1, 0.15) is 0 Å². The minimum atomic E-state index is 0.0849. The minimum Gasteiger partial charge on any atom is -0.361 e. The van der Waals surface area contributed by atoms with Crippen LogP contribution in [0.4, 0.5) is 0 Å². The molecule has 0 aliphatic rings. The third kappa shape index (κ3) is 3.64. The van der Waals surface area contributed by atoms with Gasteiger partial charge in [0.05, 0.1) is 0 Å². The lowest BCUT2D eigenvalue weighted by Gasteiger charge is -2.16. The molecule has 150 valence electrons. The molecular formula is C25H23N3OS. The maximum Gasteiger partial charge on any atom is 0.220 e. The summed E-state index contributed by atoms with van der Waals surface area (Å²) < 4.78 is 0. The second-order valence-corrected chi connectivity index (χ2v) is 8.50. The van der Waals surface area contributed by atoms with Crippen LogP contribution in [0.3, 0.4) is 0 Å². The molecule has 2 aromatic carbocycles. The van der Waals surface area contributed by atoms with Crippen molar-refractivity contribution >= 4 is 39.0 Å². The van der Waals surface area contributed by atoms with E-state index in [1.165, 1.54) is 26.8 Å². The van der Waals surface area contributed by atoms with Crippen molar-refractivity contribution in [3.8, 4) is 0 Å². The van der Waals surface area contributed by atoms with E-state index in [0.717, 1.165) is 17.5 Å². The van der Waals surface area contributed by atoms with Crippen molar-refractivity contribution in [2.24, 2.45) is 0 Å². The Hall–Kier alpha value is -3.31. The Balaban J connectivity index is 1.29. The molecule has 0 aliphatic carbocycles. The second kappa shape index (κ2) is 8.20. The molecule has 0 radical (unpaired) electrons. The number of amides is 1. The van der Waals surface area contributed by atoms with E-state index in [1.54, 1.807) is 11.3 Å². The molecule has 0 saturated carbocycles. The Bertz CT molecular complexity index is 1280. The fourth-order valence-electron chi connectivity index (χ4n) is 4.13. The first-order chi connectivity index (χ1) is 14.8. The number of hydrogen-bond acceptors (Lipinski definition) is 2. The maximum absolute atomic E-state index is 12.7. The predicted molar refractivity (Wildman–Crippen MR) is 124 cm³/mol. The number of rotatable bonds is 7. The van der Waals surface area contributed by atoms with Gasteiger partial charge in [0.25, 0.3) is 0 Å². The number of aromatic nitrogens is 2. The number of carbonyl (C=O) groups is 1. The highest BCUT2D eigenvalue weighted by Gasteiger charge is 2.20. The maximum atomic E-state index is 12.7. The van der Waals surface area contributed by atoms with E-state index in [9.17, 15) is 4.79 Å². The number of para-hydroxylation sites is 2. The Labute approximate surface area is 179 Å². The van der Waals surface area contributed by atoms with Gasteiger partial charge in [-0.3, -0.25) is 4.79 Å². The van der Waals surface area contributed by atoms with Crippen LogP contribution in [-0.4, -0.2) is 22.4 Å². The molecule has 0 aliphatic heterocycles. The predicted octanol–water partition coefficient (Wildman–Crippen LogP) is 5.59. The highest BCUT2D eigenvalue weighted by molar-refractivity contribution is 7.10. The number of hydrogen-bond donors (Lipinski definition) is 3. The summed E-state index contributed by atoms with van der Waals surface area (Å²) in [5.41, 5.74) is 4.65. The van der Waals surface area contributed by atoms with E-state index in [1.807, 2.05) is 24.4 Å². The van der Waals surface area contributed by atoms with E-state index < -0.39 is 0 Å². The van der Waals surface area contributed by atoms with Crippen LogP contribution >= 0.6 is 11.3 Å². The number of thiophene rings is 1. The van der Waals surface area contributed by atoms with Crippen LogP contribution < -0.4 is 5.32 Å². The molecule has 0 unspecified atom stereocenters. The summed E-state index contributed by atoms with van der Waals surface area (Å²) in [7, 11) is 0. The number of benzene rings is 2. The normalized spacial score (nSPS) is 12.4. The molecule has 30 heavy (non-hydrogen) atoms. The van der Waals surface area contributed by atoms with Crippen molar-refractivity contribution < 1.29 is 4.79 Å². The van der Waals surface area contributed by atoms with Crippen LogP contribution in [0.2, 0.25) is 0 Å². The molecule has 0 fully saturated rings. The molecule has 5 aromatic rings. The van der Waals surface area contributed by atoms with Crippen LogP contribution in [0.1, 0.15) is 28.3 Å². The van der Waals surface area contributed by atoms with Gasteiger partial charge in [-0.1, -0.05) is 42.5 Å². The topological polar surface area (TPSA) is 60.7 Å². The number of fused-ring (bicyclic) bond motifs is 2. The van der Waals surface area contributed by atoms with Crippen molar-refractivity contribution in [3.63, 3.8) is 0 Å². The van der Waals surface area contributed by atoms with Crippen molar-refractivity contribution in [3.05, 3.63) is 94.4 Å².